The number of halogens is 3. The Morgan fingerprint density at radius 1 is 1.03 bits per heavy atom. The number of para-hydroxylation sites is 1. The van der Waals surface area contributed by atoms with Gasteiger partial charge in [0, 0.05) is 20.2 Å². The number of rotatable bonds is 6. The van der Waals surface area contributed by atoms with Crippen LogP contribution in [0.15, 0.2) is 53.0 Å². The fraction of sp³-hybridized carbons (Fsp3) is 0.240. The van der Waals surface area contributed by atoms with Crippen LogP contribution in [0.1, 0.15) is 11.3 Å². The molecule has 0 unspecified atom stereocenters. The van der Waals surface area contributed by atoms with Crippen LogP contribution in [-0.4, -0.2) is 59.9 Å². The lowest BCUT2D eigenvalue weighted by molar-refractivity contribution is -0.121. The van der Waals surface area contributed by atoms with Crippen molar-refractivity contribution in [1.29, 1.82) is 0 Å². The van der Waals surface area contributed by atoms with Gasteiger partial charge in [-0.05, 0) is 30.3 Å². The number of hydrogen-bond donors (Lipinski definition) is 1. The maximum atomic E-state index is 14.7. The fourth-order valence-corrected chi connectivity index (χ4v) is 4.76. The predicted molar refractivity (Wildman–Crippen MR) is 135 cm³/mol. The summed E-state index contributed by atoms with van der Waals surface area (Å²) in [6.07, 6.45) is 0. The normalized spacial score (nSPS) is 16.3. The number of morpholine rings is 1. The van der Waals surface area contributed by atoms with E-state index in [1.54, 1.807) is 11.0 Å². The summed E-state index contributed by atoms with van der Waals surface area (Å²) in [5.41, 5.74) is -0.370. The number of carbonyl (C=O) groups excluding carboxylic acids is 2. The average molecular weight is 547 g/mol. The molecule has 0 bridgehead atoms. The molecule has 37 heavy (non-hydrogen) atoms. The Labute approximate surface area is 220 Å². The van der Waals surface area contributed by atoms with E-state index in [2.05, 4.69) is 5.10 Å². The van der Waals surface area contributed by atoms with Gasteiger partial charge in [0.25, 0.3) is 17.4 Å². The van der Waals surface area contributed by atoms with Gasteiger partial charge in [0.05, 0.1) is 58.1 Å². The third-order valence-corrected chi connectivity index (χ3v) is 6.88. The second-order valence-electron chi connectivity index (χ2n) is 8.36. The van der Waals surface area contributed by atoms with Crippen molar-refractivity contribution in [2.75, 3.05) is 38.3 Å². The number of hydrogen-bond acceptors (Lipinski definition) is 6. The lowest BCUT2D eigenvalue weighted by Crippen LogP contribution is -2.40. The summed E-state index contributed by atoms with van der Waals surface area (Å²) in [7, 11) is 1.43. The van der Waals surface area contributed by atoms with Gasteiger partial charge in [-0.25, -0.2) is 14.0 Å². The molecule has 0 spiro atoms. The first-order valence-electron chi connectivity index (χ1n) is 11.3. The molecule has 0 saturated carbocycles. The molecule has 5 rings (SSSR count). The summed E-state index contributed by atoms with van der Waals surface area (Å²) >= 11 is 12.2. The lowest BCUT2D eigenvalue weighted by atomic mass is 10.0. The Morgan fingerprint density at radius 2 is 1.76 bits per heavy atom. The number of aromatic amines is 1. The van der Waals surface area contributed by atoms with Crippen LogP contribution in [0.3, 0.4) is 0 Å². The van der Waals surface area contributed by atoms with Crippen molar-refractivity contribution < 1.29 is 23.5 Å². The molecule has 1 aromatic heterocycles. The molecule has 0 aliphatic carbocycles. The van der Waals surface area contributed by atoms with Crippen molar-refractivity contribution in [2.24, 2.45) is 0 Å². The summed E-state index contributed by atoms with van der Waals surface area (Å²) in [6, 6.07) is 10.1. The summed E-state index contributed by atoms with van der Waals surface area (Å²) in [5.74, 6) is -2.28. The summed E-state index contributed by atoms with van der Waals surface area (Å²) in [5, 5.41) is 3.49. The van der Waals surface area contributed by atoms with E-state index in [-0.39, 0.29) is 39.8 Å². The van der Waals surface area contributed by atoms with Crippen LogP contribution in [0, 0.1) is 5.82 Å². The molecule has 192 valence electrons. The van der Waals surface area contributed by atoms with Gasteiger partial charge in [-0.3, -0.25) is 19.5 Å². The number of ether oxygens (including phenoxy) is 2. The van der Waals surface area contributed by atoms with E-state index >= 15 is 0 Å². The number of aromatic nitrogens is 2. The molecule has 12 heteroatoms. The fourth-order valence-electron chi connectivity index (χ4n) is 4.47. The van der Waals surface area contributed by atoms with Crippen molar-refractivity contribution in [2.45, 2.75) is 6.61 Å². The van der Waals surface area contributed by atoms with Gasteiger partial charge < -0.3 is 14.4 Å². The predicted octanol–water partition coefficient (Wildman–Crippen LogP) is 3.37. The highest BCUT2D eigenvalue weighted by Gasteiger charge is 2.45. The van der Waals surface area contributed by atoms with Gasteiger partial charge >= 0.3 is 0 Å². The van der Waals surface area contributed by atoms with Crippen LogP contribution in [0.2, 0.25) is 10.0 Å². The lowest BCUT2D eigenvalue weighted by Gasteiger charge is -2.29. The number of anilines is 1. The molecule has 3 heterocycles. The SMILES string of the molecule is COCc1[nH]n(-c2ccc(Cl)c(Cl)c2)c(=O)c1C1=C(N2CCOCC2)C(=O)N(c2ccccc2F)C1=O. The molecule has 2 aromatic carbocycles. The van der Waals surface area contributed by atoms with Gasteiger partial charge in [-0.1, -0.05) is 35.3 Å². The number of benzene rings is 2. The Hall–Kier alpha value is -3.44. The summed E-state index contributed by atoms with van der Waals surface area (Å²) in [6.45, 7) is 1.20. The minimum atomic E-state index is -0.814. The Morgan fingerprint density at radius 3 is 2.43 bits per heavy atom. The second kappa shape index (κ2) is 10.1. The van der Waals surface area contributed by atoms with E-state index in [0.29, 0.717) is 37.0 Å². The number of nitrogens with one attached hydrogen (secondary N) is 1. The second-order valence-corrected chi connectivity index (χ2v) is 9.17. The number of imide groups is 1. The van der Waals surface area contributed by atoms with Crippen molar-refractivity contribution in [3.8, 4) is 5.69 Å². The highest BCUT2D eigenvalue weighted by Crippen LogP contribution is 2.36. The van der Waals surface area contributed by atoms with Crippen LogP contribution in [-0.2, 0) is 25.7 Å². The van der Waals surface area contributed by atoms with E-state index in [1.807, 2.05) is 0 Å². The Bertz CT molecular complexity index is 1490. The minimum absolute atomic E-state index is 0.00583. The molecule has 0 radical (unpaired) electrons. The zero-order valence-corrected chi connectivity index (χ0v) is 21.1. The van der Waals surface area contributed by atoms with Gasteiger partial charge in [-0.2, -0.15) is 0 Å². The number of methoxy groups -OCH3 is 1. The van der Waals surface area contributed by atoms with Gasteiger partial charge in [-0.15, -0.1) is 0 Å². The molecular formula is C25H21Cl2FN4O5. The van der Waals surface area contributed by atoms with Crippen molar-refractivity contribution in [1.82, 2.24) is 14.7 Å². The average Bonchev–Trinajstić information content (AvgIpc) is 3.34. The van der Waals surface area contributed by atoms with Crippen LogP contribution >= 0.6 is 23.2 Å². The largest absolute Gasteiger partial charge is 0.378 e. The quantitative estimate of drug-likeness (QED) is 0.476. The molecular weight excluding hydrogens is 526 g/mol. The van der Waals surface area contributed by atoms with E-state index in [1.165, 1.54) is 42.1 Å². The number of amides is 2. The third kappa shape index (κ3) is 4.36. The number of H-pyrrole nitrogens is 1. The molecule has 1 fully saturated rings. The minimum Gasteiger partial charge on any atom is -0.378 e. The molecule has 2 aliphatic heterocycles. The summed E-state index contributed by atoms with van der Waals surface area (Å²) < 4.78 is 26.6. The molecule has 3 aromatic rings. The number of nitrogens with zero attached hydrogens (tertiary/aromatic N) is 3. The van der Waals surface area contributed by atoms with Crippen molar-refractivity contribution in [3.05, 3.63) is 85.6 Å². The zero-order valence-electron chi connectivity index (χ0n) is 19.6. The standard InChI is InChI=1S/C25H21Cl2FN4O5/c1-36-13-18-20(24(34)32(29-18)14-6-7-15(26)16(27)12-14)21-22(30-8-10-37-11-9-30)25(35)31(23(21)33)19-5-3-2-4-17(19)28/h2-7,12,29H,8-11,13H2,1H3. The topological polar surface area (TPSA) is 96.9 Å². The Balaban J connectivity index is 1.74. The number of carbonyl (C=O) groups is 2. The monoisotopic (exact) mass is 546 g/mol. The first-order valence-corrected chi connectivity index (χ1v) is 12.1. The van der Waals surface area contributed by atoms with Crippen molar-refractivity contribution >= 4 is 46.3 Å². The van der Waals surface area contributed by atoms with Crippen LogP contribution in [0.5, 0.6) is 0 Å². The summed E-state index contributed by atoms with van der Waals surface area (Å²) in [4.78, 5) is 43.8. The van der Waals surface area contributed by atoms with Gasteiger partial charge in [0.1, 0.15) is 11.5 Å². The molecule has 2 aliphatic rings. The maximum absolute atomic E-state index is 14.7. The first kappa shape index (κ1) is 25.2. The first-order chi connectivity index (χ1) is 17.8. The van der Waals surface area contributed by atoms with E-state index in [9.17, 15) is 18.8 Å². The molecule has 1 N–H and O–H groups in total. The molecule has 9 nitrogen and oxygen atoms in total. The van der Waals surface area contributed by atoms with Gasteiger partial charge in [0.2, 0.25) is 0 Å². The Kier molecular flexibility index (Phi) is 6.91. The molecule has 0 atom stereocenters. The van der Waals surface area contributed by atoms with Crippen LogP contribution < -0.4 is 10.5 Å². The van der Waals surface area contributed by atoms with Gasteiger partial charge in [0.15, 0.2) is 0 Å². The highest BCUT2D eigenvalue weighted by atomic mass is 35.5. The van der Waals surface area contributed by atoms with Crippen LogP contribution in [0.25, 0.3) is 11.3 Å². The molecule has 2 amide bonds. The third-order valence-electron chi connectivity index (χ3n) is 6.15. The van der Waals surface area contributed by atoms with E-state index in [4.69, 9.17) is 32.7 Å². The van der Waals surface area contributed by atoms with E-state index in [0.717, 1.165) is 11.0 Å². The van der Waals surface area contributed by atoms with E-state index < -0.39 is 23.2 Å². The highest BCUT2D eigenvalue weighted by molar-refractivity contribution is 6.45. The van der Waals surface area contributed by atoms with Crippen LogP contribution in [0.4, 0.5) is 10.1 Å². The molecule has 1 saturated heterocycles. The maximum Gasteiger partial charge on any atom is 0.282 e. The zero-order chi connectivity index (χ0) is 26.3. The van der Waals surface area contributed by atoms with Crippen molar-refractivity contribution in [3.63, 3.8) is 0 Å². The smallest absolute Gasteiger partial charge is 0.282 e.